The highest BCUT2D eigenvalue weighted by Crippen LogP contribution is 2.28. The van der Waals surface area contributed by atoms with E-state index in [9.17, 15) is 0 Å². The molecule has 100 valence electrons. The largest absolute Gasteiger partial charge is 0.384 e. The van der Waals surface area contributed by atoms with E-state index in [0.717, 1.165) is 18.2 Å². The highest BCUT2D eigenvalue weighted by atomic mass is 35.5. The number of pyridine rings is 1. The van der Waals surface area contributed by atoms with Crippen LogP contribution in [-0.4, -0.2) is 23.0 Å². The minimum absolute atomic E-state index is 0.541. The minimum Gasteiger partial charge on any atom is -0.384 e. The highest BCUT2D eigenvalue weighted by molar-refractivity contribution is 6.31. The van der Waals surface area contributed by atoms with Crippen molar-refractivity contribution in [3.05, 3.63) is 22.8 Å². The fraction of sp³-hybridized carbons (Fsp3) is 0.643. The third-order valence-electron chi connectivity index (χ3n) is 3.87. The Bertz CT molecular complexity index is 408. The molecular weight excluding hydrogens is 246 g/mol. The second kappa shape index (κ2) is 5.89. The molecule has 2 rings (SSSR count). The normalized spacial score (nSPS) is 24.4. The van der Waals surface area contributed by atoms with E-state index in [-0.39, 0.29) is 0 Å². The minimum atomic E-state index is 0.541. The fourth-order valence-corrected chi connectivity index (χ4v) is 2.94. The maximum absolute atomic E-state index is 6.16. The van der Waals surface area contributed by atoms with E-state index in [1.165, 1.54) is 25.7 Å². The Morgan fingerprint density at radius 1 is 1.44 bits per heavy atom. The summed E-state index contributed by atoms with van der Waals surface area (Å²) in [6.07, 6.45) is 5.24. The van der Waals surface area contributed by atoms with Gasteiger partial charge in [0, 0.05) is 12.6 Å². The third-order valence-corrected chi connectivity index (χ3v) is 4.22. The lowest BCUT2D eigenvalue weighted by molar-refractivity contribution is 0.156. The molecule has 2 atom stereocenters. The number of hydrogen-bond donors (Lipinski definition) is 1. The van der Waals surface area contributed by atoms with E-state index in [4.69, 9.17) is 17.3 Å². The molecule has 0 aromatic carbocycles. The second-order valence-corrected chi connectivity index (χ2v) is 5.91. The summed E-state index contributed by atoms with van der Waals surface area (Å²) in [6, 6.07) is 4.22. The monoisotopic (exact) mass is 267 g/mol. The van der Waals surface area contributed by atoms with Gasteiger partial charge in [-0.2, -0.15) is 0 Å². The van der Waals surface area contributed by atoms with Crippen molar-refractivity contribution in [2.75, 3.05) is 12.8 Å². The van der Waals surface area contributed by atoms with Gasteiger partial charge < -0.3 is 5.73 Å². The molecular formula is C14H22ClN3. The van der Waals surface area contributed by atoms with Gasteiger partial charge in [0.1, 0.15) is 5.82 Å². The molecule has 4 heteroatoms. The Balaban J connectivity index is 2.01. The number of nitrogens with zero attached hydrogens (tertiary/aromatic N) is 2. The molecule has 0 amide bonds. The molecule has 0 bridgehead atoms. The number of nitrogen functional groups attached to an aromatic ring is 1. The standard InChI is InChI=1S/C14H22ClN3/c1-10-4-3-5-11(8-10)18(2)9-13-12(15)6-7-14(16)17-13/h6-7,10-11H,3-5,8-9H2,1-2H3,(H2,16,17). The average molecular weight is 268 g/mol. The van der Waals surface area contributed by atoms with Gasteiger partial charge in [0.15, 0.2) is 0 Å². The average Bonchev–Trinajstić information content (AvgIpc) is 2.34. The zero-order chi connectivity index (χ0) is 13.1. The predicted molar refractivity (Wildman–Crippen MR) is 76.5 cm³/mol. The summed E-state index contributed by atoms with van der Waals surface area (Å²) in [5, 5.41) is 0.708. The lowest BCUT2D eigenvalue weighted by atomic mass is 9.86. The first-order valence-corrected chi connectivity index (χ1v) is 7.05. The van der Waals surface area contributed by atoms with E-state index >= 15 is 0 Å². The molecule has 0 aliphatic heterocycles. The molecule has 1 aromatic heterocycles. The van der Waals surface area contributed by atoms with Crippen LogP contribution in [0.4, 0.5) is 5.82 Å². The Morgan fingerprint density at radius 3 is 2.94 bits per heavy atom. The topological polar surface area (TPSA) is 42.2 Å². The first-order valence-electron chi connectivity index (χ1n) is 6.67. The fourth-order valence-electron chi connectivity index (χ4n) is 2.78. The molecule has 2 N–H and O–H groups in total. The van der Waals surface area contributed by atoms with E-state index in [0.29, 0.717) is 16.9 Å². The van der Waals surface area contributed by atoms with Gasteiger partial charge in [-0.3, -0.25) is 4.90 Å². The molecule has 0 saturated heterocycles. The van der Waals surface area contributed by atoms with Crippen LogP contribution in [0.15, 0.2) is 12.1 Å². The second-order valence-electron chi connectivity index (χ2n) is 5.51. The van der Waals surface area contributed by atoms with Crippen LogP contribution < -0.4 is 5.73 Å². The number of nitrogens with two attached hydrogens (primary N) is 1. The van der Waals surface area contributed by atoms with Gasteiger partial charge >= 0.3 is 0 Å². The number of aromatic nitrogens is 1. The third kappa shape index (κ3) is 3.36. The van der Waals surface area contributed by atoms with Crippen LogP contribution in [0.5, 0.6) is 0 Å². The lowest BCUT2D eigenvalue weighted by Gasteiger charge is -2.34. The summed E-state index contributed by atoms with van der Waals surface area (Å²) < 4.78 is 0. The molecule has 0 radical (unpaired) electrons. The molecule has 0 spiro atoms. The van der Waals surface area contributed by atoms with Crippen LogP contribution in [0, 0.1) is 5.92 Å². The van der Waals surface area contributed by atoms with Gasteiger partial charge in [0.25, 0.3) is 0 Å². The Kier molecular flexibility index (Phi) is 4.46. The number of hydrogen-bond acceptors (Lipinski definition) is 3. The summed E-state index contributed by atoms with van der Waals surface area (Å²) in [6.45, 7) is 3.12. The molecule has 1 saturated carbocycles. The van der Waals surface area contributed by atoms with E-state index in [1.54, 1.807) is 6.07 Å². The Morgan fingerprint density at radius 2 is 2.22 bits per heavy atom. The number of rotatable bonds is 3. The van der Waals surface area contributed by atoms with E-state index < -0.39 is 0 Å². The Hall–Kier alpha value is -0.800. The summed E-state index contributed by atoms with van der Waals surface area (Å²) in [7, 11) is 2.16. The highest BCUT2D eigenvalue weighted by Gasteiger charge is 2.23. The van der Waals surface area contributed by atoms with Gasteiger partial charge in [-0.25, -0.2) is 4.98 Å². The van der Waals surface area contributed by atoms with Gasteiger partial charge in [-0.05, 0) is 37.9 Å². The number of anilines is 1. The summed E-state index contributed by atoms with van der Waals surface area (Å²) >= 11 is 6.16. The van der Waals surface area contributed by atoms with Crippen LogP contribution in [0.2, 0.25) is 5.02 Å². The molecule has 2 unspecified atom stereocenters. The van der Waals surface area contributed by atoms with Crippen molar-refractivity contribution in [2.24, 2.45) is 5.92 Å². The van der Waals surface area contributed by atoms with E-state index in [1.807, 2.05) is 6.07 Å². The maximum atomic E-state index is 6.16. The molecule has 1 aliphatic rings. The number of halogens is 1. The summed E-state index contributed by atoms with van der Waals surface area (Å²) in [5.41, 5.74) is 6.60. The predicted octanol–water partition coefficient (Wildman–Crippen LogP) is 3.33. The molecule has 1 aliphatic carbocycles. The van der Waals surface area contributed by atoms with Gasteiger partial charge in [0.05, 0.1) is 10.7 Å². The van der Waals surface area contributed by atoms with Crippen molar-refractivity contribution in [2.45, 2.75) is 45.2 Å². The molecule has 18 heavy (non-hydrogen) atoms. The van der Waals surface area contributed by atoms with Gasteiger partial charge in [-0.1, -0.05) is 31.4 Å². The Labute approximate surface area is 114 Å². The first-order chi connectivity index (χ1) is 8.56. The summed E-state index contributed by atoms with van der Waals surface area (Å²) in [4.78, 5) is 6.70. The van der Waals surface area contributed by atoms with Crippen molar-refractivity contribution < 1.29 is 0 Å². The maximum Gasteiger partial charge on any atom is 0.123 e. The van der Waals surface area contributed by atoms with E-state index in [2.05, 4.69) is 23.9 Å². The zero-order valence-electron chi connectivity index (χ0n) is 11.2. The van der Waals surface area contributed by atoms with Crippen LogP contribution >= 0.6 is 11.6 Å². The van der Waals surface area contributed by atoms with Crippen molar-refractivity contribution >= 4 is 17.4 Å². The van der Waals surface area contributed by atoms with Crippen LogP contribution in [-0.2, 0) is 6.54 Å². The quantitative estimate of drug-likeness (QED) is 0.913. The van der Waals surface area contributed by atoms with Gasteiger partial charge in [0.2, 0.25) is 0 Å². The summed E-state index contributed by atoms with van der Waals surface area (Å²) in [5.74, 6) is 1.37. The smallest absolute Gasteiger partial charge is 0.123 e. The van der Waals surface area contributed by atoms with Crippen molar-refractivity contribution in [3.8, 4) is 0 Å². The first kappa shape index (κ1) is 13.6. The van der Waals surface area contributed by atoms with Crippen LogP contribution in [0.25, 0.3) is 0 Å². The van der Waals surface area contributed by atoms with Crippen LogP contribution in [0.1, 0.15) is 38.3 Å². The molecule has 1 aromatic rings. The lowest BCUT2D eigenvalue weighted by Crippen LogP contribution is -2.35. The van der Waals surface area contributed by atoms with Crippen molar-refractivity contribution in [1.82, 2.24) is 9.88 Å². The molecule has 3 nitrogen and oxygen atoms in total. The molecule has 1 heterocycles. The van der Waals surface area contributed by atoms with Crippen molar-refractivity contribution in [3.63, 3.8) is 0 Å². The van der Waals surface area contributed by atoms with Crippen molar-refractivity contribution in [1.29, 1.82) is 0 Å². The van der Waals surface area contributed by atoms with Gasteiger partial charge in [-0.15, -0.1) is 0 Å². The molecule has 1 fully saturated rings. The van der Waals surface area contributed by atoms with Crippen LogP contribution in [0.3, 0.4) is 0 Å². The SMILES string of the molecule is CC1CCCC(N(C)Cc2nc(N)ccc2Cl)C1. The zero-order valence-corrected chi connectivity index (χ0v) is 12.0.